The SMILES string of the molecule is COC(=O)/C(C)=C/COCc1ccccc1. The predicted molar refractivity (Wildman–Crippen MR) is 61.9 cm³/mol. The summed E-state index contributed by atoms with van der Waals surface area (Å²) in [6.45, 7) is 2.67. The van der Waals surface area contributed by atoms with Gasteiger partial charge in [0.2, 0.25) is 0 Å². The molecule has 0 saturated heterocycles. The van der Waals surface area contributed by atoms with Gasteiger partial charge in [0.25, 0.3) is 0 Å². The summed E-state index contributed by atoms with van der Waals surface area (Å²) in [6, 6.07) is 9.89. The van der Waals surface area contributed by atoms with E-state index in [0.29, 0.717) is 18.8 Å². The zero-order chi connectivity index (χ0) is 11.8. The molecule has 0 amide bonds. The number of methoxy groups -OCH3 is 1. The third kappa shape index (κ3) is 4.28. The summed E-state index contributed by atoms with van der Waals surface area (Å²) in [6.07, 6.45) is 1.72. The first kappa shape index (κ1) is 12.5. The van der Waals surface area contributed by atoms with Crippen molar-refractivity contribution in [3.05, 3.63) is 47.5 Å². The van der Waals surface area contributed by atoms with Gasteiger partial charge in [-0.15, -0.1) is 0 Å². The molecule has 1 rings (SSSR count). The molecule has 3 heteroatoms. The van der Waals surface area contributed by atoms with Gasteiger partial charge in [-0.25, -0.2) is 4.79 Å². The van der Waals surface area contributed by atoms with Gasteiger partial charge in [-0.3, -0.25) is 0 Å². The van der Waals surface area contributed by atoms with E-state index < -0.39 is 0 Å². The number of carbonyl (C=O) groups is 1. The largest absolute Gasteiger partial charge is 0.466 e. The molecule has 0 aliphatic rings. The third-order valence-electron chi connectivity index (χ3n) is 2.13. The Hall–Kier alpha value is -1.61. The molecule has 0 spiro atoms. The van der Waals surface area contributed by atoms with E-state index in [1.54, 1.807) is 13.0 Å². The van der Waals surface area contributed by atoms with Crippen LogP contribution in [-0.4, -0.2) is 19.7 Å². The second kappa shape index (κ2) is 6.80. The Balaban J connectivity index is 2.29. The highest BCUT2D eigenvalue weighted by molar-refractivity contribution is 5.87. The molecule has 1 aromatic carbocycles. The van der Waals surface area contributed by atoms with Crippen LogP contribution in [0, 0.1) is 0 Å². The molecule has 0 saturated carbocycles. The zero-order valence-corrected chi connectivity index (χ0v) is 9.60. The van der Waals surface area contributed by atoms with Crippen molar-refractivity contribution in [1.82, 2.24) is 0 Å². The summed E-state index contributed by atoms with van der Waals surface area (Å²) in [7, 11) is 1.37. The lowest BCUT2D eigenvalue weighted by Crippen LogP contribution is -2.03. The lowest BCUT2D eigenvalue weighted by molar-refractivity contribution is -0.136. The highest BCUT2D eigenvalue weighted by Crippen LogP contribution is 2.01. The van der Waals surface area contributed by atoms with Crippen LogP contribution in [0.25, 0.3) is 0 Å². The first-order chi connectivity index (χ1) is 7.74. The third-order valence-corrected chi connectivity index (χ3v) is 2.13. The quantitative estimate of drug-likeness (QED) is 0.434. The van der Waals surface area contributed by atoms with E-state index in [1.165, 1.54) is 7.11 Å². The van der Waals surface area contributed by atoms with Gasteiger partial charge in [0.1, 0.15) is 0 Å². The highest BCUT2D eigenvalue weighted by Gasteiger charge is 2.01. The zero-order valence-electron chi connectivity index (χ0n) is 9.60. The van der Waals surface area contributed by atoms with Crippen LogP contribution in [-0.2, 0) is 20.9 Å². The van der Waals surface area contributed by atoms with Crippen molar-refractivity contribution in [2.45, 2.75) is 13.5 Å². The molecular formula is C13H16O3. The highest BCUT2D eigenvalue weighted by atomic mass is 16.5. The second-order valence-corrected chi connectivity index (χ2v) is 3.38. The Morgan fingerprint density at radius 1 is 1.31 bits per heavy atom. The van der Waals surface area contributed by atoms with E-state index in [9.17, 15) is 4.79 Å². The summed E-state index contributed by atoms with van der Waals surface area (Å²) in [5.74, 6) is -0.316. The van der Waals surface area contributed by atoms with Gasteiger partial charge in [-0.05, 0) is 18.6 Å². The fraction of sp³-hybridized carbons (Fsp3) is 0.308. The van der Waals surface area contributed by atoms with E-state index in [0.717, 1.165) is 5.56 Å². The van der Waals surface area contributed by atoms with Gasteiger partial charge >= 0.3 is 5.97 Å². The Morgan fingerprint density at radius 3 is 2.62 bits per heavy atom. The fourth-order valence-electron chi connectivity index (χ4n) is 1.18. The monoisotopic (exact) mass is 220 g/mol. The molecule has 0 aliphatic heterocycles. The molecule has 0 bridgehead atoms. The van der Waals surface area contributed by atoms with Crippen molar-refractivity contribution in [3.8, 4) is 0 Å². The Kier molecular flexibility index (Phi) is 5.29. The second-order valence-electron chi connectivity index (χ2n) is 3.38. The fourth-order valence-corrected chi connectivity index (χ4v) is 1.18. The minimum atomic E-state index is -0.316. The van der Waals surface area contributed by atoms with Gasteiger partial charge in [0, 0.05) is 5.57 Å². The van der Waals surface area contributed by atoms with Crippen molar-refractivity contribution >= 4 is 5.97 Å². The number of hydrogen-bond acceptors (Lipinski definition) is 3. The van der Waals surface area contributed by atoms with E-state index in [2.05, 4.69) is 4.74 Å². The van der Waals surface area contributed by atoms with Crippen molar-refractivity contribution in [3.63, 3.8) is 0 Å². The van der Waals surface area contributed by atoms with Crippen molar-refractivity contribution in [2.24, 2.45) is 0 Å². The standard InChI is InChI=1S/C13H16O3/c1-11(13(14)15-2)8-9-16-10-12-6-4-3-5-7-12/h3-8H,9-10H2,1-2H3/b11-8+. The topological polar surface area (TPSA) is 35.5 Å². The van der Waals surface area contributed by atoms with E-state index >= 15 is 0 Å². The van der Waals surface area contributed by atoms with Crippen LogP contribution < -0.4 is 0 Å². The molecule has 0 atom stereocenters. The van der Waals surface area contributed by atoms with Crippen LogP contribution in [0.1, 0.15) is 12.5 Å². The van der Waals surface area contributed by atoms with Gasteiger partial charge in [0.05, 0.1) is 20.3 Å². The Bertz CT molecular complexity index is 355. The van der Waals surface area contributed by atoms with Crippen LogP contribution in [0.5, 0.6) is 0 Å². The molecule has 0 unspecified atom stereocenters. The summed E-state index contributed by atoms with van der Waals surface area (Å²) >= 11 is 0. The van der Waals surface area contributed by atoms with Gasteiger partial charge in [-0.1, -0.05) is 30.3 Å². The minimum absolute atomic E-state index is 0.316. The maximum absolute atomic E-state index is 11.0. The number of esters is 1. The Morgan fingerprint density at radius 2 is 2.00 bits per heavy atom. The number of carbonyl (C=O) groups excluding carboxylic acids is 1. The minimum Gasteiger partial charge on any atom is -0.466 e. The molecule has 0 aliphatic carbocycles. The maximum Gasteiger partial charge on any atom is 0.333 e. The van der Waals surface area contributed by atoms with E-state index in [1.807, 2.05) is 30.3 Å². The molecular weight excluding hydrogens is 204 g/mol. The molecule has 16 heavy (non-hydrogen) atoms. The normalized spacial score (nSPS) is 11.2. The predicted octanol–water partition coefficient (Wildman–Crippen LogP) is 2.32. The smallest absolute Gasteiger partial charge is 0.333 e. The summed E-state index contributed by atoms with van der Waals surface area (Å²) in [5.41, 5.74) is 1.68. The first-order valence-electron chi connectivity index (χ1n) is 5.11. The van der Waals surface area contributed by atoms with Crippen LogP contribution in [0.4, 0.5) is 0 Å². The molecule has 0 N–H and O–H groups in total. The molecule has 0 radical (unpaired) electrons. The molecule has 0 heterocycles. The van der Waals surface area contributed by atoms with E-state index in [-0.39, 0.29) is 5.97 Å². The number of ether oxygens (including phenoxy) is 2. The van der Waals surface area contributed by atoms with Crippen molar-refractivity contribution < 1.29 is 14.3 Å². The van der Waals surface area contributed by atoms with Crippen LogP contribution in [0.3, 0.4) is 0 Å². The number of rotatable bonds is 5. The molecule has 0 aromatic heterocycles. The lowest BCUT2D eigenvalue weighted by atomic mass is 10.2. The summed E-state index contributed by atoms with van der Waals surface area (Å²) < 4.78 is 9.97. The van der Waals surface area contributed by atoms with Crippen LogP contribution >= 0.6 is 0 Å². The van der Waals surface area contributed by atoms with Crippen molar-refractivity contribution in [2.75, 3.05) is 13.7 Å². The summed E-state index contributed by atoms with van der Waals surface area (Å²) in [5, 5.41) is 0. The maximum atomic E-state index is 11.0. The van der Waals surface area contributed by atoms with Gasteiger partial charge in [-0.2, -0.15) is 0 Å². The average molecular weight is 220 g/mol. The van der Waals surface area contributed by atoms with E-state index in [4.69, 9.17) is 4.74 Å². The number of hydrogen-bond donors (Lipinski definition) is 0. The lowest BCUT2D eigenvalue weighted by Gasteiger charge is -2.02. The first-order valence-corrected chi connectivity index (χ1v) is 5.11. The number of benzene rings is 1. The van der Waals surface area contributed by atoms with Gasteiger partial charge < -0.3 is 9.47 Å². The molecule has 3 nitrogen and oxygen atoms in total. The Labute approximate surface area is 95.7 Å². The molecule has 86 valence electrons. The van der Waals surface area contributed by atoms with Gasteiger partial charge in [0.15, 0.2) is 0 Å². The molecule has 0 fully saturated rings. The van der Waals surface area contributed by atoms with Crippen LogP contribution in [0.15, 0.2) is 42.0 Å². The summed E-state index contributed by atoms with van der Waals surface area (Å²) in [4.78, 5) is 11.0. The van der Waals surface area contributed by atoms with Crippen molar-refractivity contribution in [1.29, 1.82) is 0 Å². The van der Waals surface area contributed by atoms with Crippen LogP contribution in [0.2, 0.25) is 0 Å². The average Bonchev–Trinajstić information content (AvgIpc) is 2.34. The molecule has 1 aromatic rings.